The maximum Gasteiger partial charge on any atom is 0.227 e. The summed E-state index contributed by atoms with van der Waals surface area (Å²) in [7, 11) is 0. The molecule has 0 saturated carbocycles. The molecule has 0 spiro atoms. The maximum atomic E-state index is 12.2. The molecule has 2 fully saturated rings. The summed E-state index contributed by atoms with van der Waals surface area (Å²) in [6.07, 6.45) is 4.29. The average molecular weight is 332 g/mol. The van der Waals surface area contributed by atoms with E-state index in [1.165, 1.54) is 5.56 Å². The standard InChI is InChI=1S/C19H28N2O3/c22-18-6-11-21(12-7-18)10-5-15-1-3-17(4-2-15)20-19(23)16-8-13-24-14-9-16/h1-4,16,18,22H,5-14H2,(H,20,23). The van der Waals surface area contributed by atoms with Gasteiger partial charge in [-0.15, -0.1) is 0 Å². The minimum atomic E-state index is -0.111. The molecule has 0 aromatic heterocycles. The number of anilines is 1. The van der Waals surface area contributed by atoms with Crippen molar-refractivity contribution in [3.05, 3.63) is 29.8 Å². The van der Waals surface area contributed by atoms with Crippen molar-refractivity contribution in [2.75, 3.05) is 38.2 Å². The van der Waals surface area contributed by atoms with E-state index in [4.69, 9.17) is 4.74 Å². The van der Waals surface area contributed by atoms with E-state index in [1.807, 2.05) is 12.1 Å². The summed E-state index contributed by atoms with van der Waals surface area (Å²) in [5.41, 5.74) is 2.15. The average Bonchev–Trinajstić information content (AvgIpc) is 2.63. The van der Waals surface area contributed by atoms with Crippen LogP contribution < -0.4 is 5.32 Å². The highest BCUT2D eigenvalue weighted by Crippen LogP contribution is 2.18. The third kappa shape index (κ3) is 5.03. The molecule has 0 aliphatic carbocycles. The highest BCUT2D eigenvalue weighted by Gasteiger charge is 2.21. The first kappa shape index (κ1) is 17.4. The van der Waals surface area contributed by atoms with E-state index < -0.39 is 0 Å². The van der Waals surface area contributed by atoms with Crippen LogP contribution in [0, 0.1) is 5.92 Å². The smallest absolute Gasteiger partial charge is 0.227 e. The number of nitrogens with one attached hydrogen (secondary N) is 1. The zero-order chi connectivity index (χ0) is 16.8. The largest absolute Gasteiger partial charge is 0.393 e. The van der Waals surface area contributed by atoms with Crippen LogP contribution in [0.2, 0.25) is 0 Å². The molecule has 1 amide bonds. The summed E-state index contributed by atoms with van der Waals surface area (Å²) < 4.78 is 5.30. The van der Waals surface area contributed by atoms with Crippen molar-refractivity contribution in [1.82, 2.24) is 4.90 Å². The van der Waals surface area contributed by atoms with Gasteiger partial charge in [-0.05, 0) is 49.8 Å². The monoisotopic (exact) mass is 332 g/mol. The van der Waals surface area contributed by atoms with E-state index >= 15 is 0 Å². The number of aliphatic hydroxyl groups is 1. The van der Waals surface area contributed by atoms with Gasteiger partial charge in [-0.1, -0.05) is 12.1 Å². The summed E-state index contributed by atoms with van der Waals surface area (Å²) in [4.78, 5) is 14.6. The van der Waals surface area contributed by atoms with Gasteiger partial charge in [-0.2, -0.15) is 0 Å². The van der Waals surface area contributed by atoms with Gasteiger partial charge in [0.25, 0.3) is 0 Å². The van der Waals surface area contributed by atoms with Crippen molar-refractivity contribution in [3.8, 4) is 0 Å². The SMILES string of the molecule is O=C(Nc1ccc(CCN2CCC(O)CC2)cc1)C1CCOCC1. The van der Waals surface area contributed by atoms with Crippen LogP contribution in [0.4, 0.5) is 5.69 Å². The van der Waals surface area contributed by atoms with Crippen molar-refractivity contribution in [3.63, 3.8) is 0 Å². The van der Waals surface area contributed by atoms with Crippen LogP contribution in [0.5, 0.6) is 0 Å². The van der Waals surface area contributed by atoms with Gasteiger partial charge in [0.1, 0.15) is 0 Å². The quantitative estimate of drug-likeness (QED) is 0.866. The fourth-order valence-electron chi connectivity index (χ4n) is 3.39. The van der Waals surface area contributed by atoms with Gasteiger partial charge in [-0.3, -0.25) is 4.79 Å². The van der Waals surface area contributed by atoms with Gasteiger partial charge in [0.2, 0.25) is 5.91 Å². The molecule has 2 aliphatic heterocycles. The van der Waals surface area contributed by atoms with Crippen LogP contribution in [0.3, 0.4) is 0 Å². The number of rotatable bonds is 5. The normalized spacial score (nSPS) is 20.9. The molecule has 2 N–H and O–H groups in total. The maximum absolute atomic E-state index is 12.2. The summed E-state index contributed by atoms with van der Waals surface area (Å²) in [5.74, 6) is 0.186. The molecule has 24 heavy (non-hydrogen) atoms. The molecule has 3 rings (SSSR count). The number of carbonyl (C=O) groups excluding carboxylic acids is 1. The van der Waals surface area contributed by atoms with E-state index in [1.54, 1.807) is 0 Å². The number of ether oxygens (including phenoxy) is 1. The number of benzene rings is 1. The molecule has 0 radical (unpaired) electrons. The Morgan fingerprint density at radius 1 is 1.12 bits per heavy atom. The van der Waals surface area contributed by atoms with Gasteiger partial charge in [-0.25, -0.2) is 0 Å². The predicted molar refractivity (Wildman–Crippen MR) is 94.0 cm³/mol. The highest BCUT2D eigenvalue weighted by molar-refractivity contribution is 5.92. The third-order valence-corrected chi connectivity index (χ3v) is 5.09. The molecule has 0 unspecified atom stereocenters. The van der Waals surface area contributed by atoms with Gasteiger partial charge in [0, 0.05) is 44.5 Å². The molecule has 0 atom stereocenters. The molecule has 5 nitrogen and oxygen atoms in total. The summed E-state index contributed by atoms with van der Waals surface area (Å²) >= 11 is 0. The number of piperidine rings is 1. The first-order valence-corrected chi connectivity index (χ1v) is 9.08. The van der Waals surface area contributed by atoms with Gasteiger partial charge < -0.3 is 20.1 Å². The number of hydrogen-bond donors (Lipinski definition) is 2. The number of hydrogen-bond acceptors (Lipinski definition) is 4. The highest BCUT2D eigenvalue weighted by atomic mass is 16.5. The van der Waals surface area contributed by atoms with Crippen LogP contribution in [0.1, 0.15) is 31.2 Å². The summed E-state index contributed by atoms with van der Waals surface area (Å²) in [5, 5.41) is 12.6. The van der Waals surface area contributed by atoms with E-state index in [2.05, 4.69) is 22.3 Å². The Morgan fingerprint density at radius 3 is 2.46 bits per heavy atom. The van der Waals surface area contributed by atoms with Crippen LogP contribution in [-0.2, 0) is 16.0 Å². The van der Waals surface area contributed by atoms with Crippen molar-refractivity contribution >= 4 is 11.6 Å². The second-order valence-corrected chi connectivity index (χ2v) is 6.90. The Balaban J connectivity index is 1.44. The fraction of sp³-hybridized carbons (Fsp3) is 0.632. The van der Waals surface area contributed by atoms with Gasteiger partial charge in [0.05, 0.1) is 6.10 Å². The Kier molecular flexibility index (Phi) is 6.24. The molecule has 1 aromatic rings. The van der Waals surface area contributed by atoms with Crippen LogP contribution in [-0.4, -0.2) is 54.9 Å². The molecule has 0 bridgehead atoms. The topological polar surface area (TPSA) is 61.8 Å². The van der Waals surface area contributed by atoms with Crippen molar-refractivity contribution < 1.29 is 14.6 Å². The lowest BCUT2D eigenvalue weighted by Gasteiger charge is -2.29. The Labute approximate surface area is 144 Å². The first-order chi connectivity index (χ1) is 11.7. The van der Waals surface area contributed by atoms with Crippen molar-refractivity contribution in [1.29, 1.82) is 0 Å². The zero-order valence-corrected chi connectivity index (χ0v) is 14.2. The molecule has 2 aliphatic rings. The second-order valence-electron chi connectivity index (χ2n) is 6.90. The lowest BCUT2D eigenvalue weighted by atomic mass is 9.99. The van der Waals surface area contributed by atoms with Crippen LogP contribution >= 0.6 is 0 Å². The molecule has 5 heteroatoms. The number of carbonyl (C=O) groups is 1. The third-order valence-electron chi connectivity index (χ3n) is 5.09. The minimum Gasteiger partial charge on any atom is -0.393 e. The second kappa shape index (κ2) is 8.60. The number of likely N-dealkylation sites (tertiary alicyclic amines) is 1. The van der Waals surface area contributed by atoms with Gasteiger partial charge in [0.15, 0.2) is 0 Å². The van der Waals surface area contributed by atoms with Gasteiger partial charge >= 0.3 is 0 Å². The molecular weight excluding hydrogens is 304 g/mol. The number of amides is 1. The Bertz CT molecular complexity index is 518. The van der Waals surface area contributed by atoms with E-state index in [0.717, 1.165) is 57.4 Å². The Morgan fingerprint density at radius 2 is 1.79 bits per heavy atom. The molecule has 1 aromatic carbocycles. The minimum absolute atomic E-state index is 0.0767. The van der Waals surface area contributed by atoms with Crippen LogP contribution in [0.25, 0.3) is 0 Å². The molecule has 2 saturated heterocycles. The lowest BCUT2D eigenvalue weighted by molar-refractivity contribution is -0.122. The Hall–Kier alpha value is -1.43. The summed E-state index contributed by atoms with van der Waals surface area (Å²) in [6.45, 7) is 4.37. The van der Waals surface area contributed by atoms with E-state index in [9.17, 15) is 9.90 Å². The lowest BCUT2D eigenvalue weighted by Crippen LogP contribution is -2.37. The summed E-state index contributed by atoms with van der Waals surface area (Å²) in [6, 6.07) is 8.18. The van der Waals surface area contributed by atoms with E-state index in [0.29, 0.717) is 13.2 Å². The van der Waals surface area contributed by atoms with Crippen molar-refractivity contribution in [2.24, 2.45) is 5.92 Å². The van der Waals surface area contributed by atoms with Crippen molar-refractivity contribution in [2.45, 2.75) is 38.2 Å². The zero-order valence-electron chi connectivity index (χ0n) is 14.2. The number of nitrogens with zero attached hydrogens (tertiary/aromatic N) is 1. The predicted octanol–water partition coefficient (Wildman–Crippen LogP) is 2.05. The molecule has 2 heterocycles. The fourth-order valence-corrected chi connectivity index (χ4v) is 3.39. The molecular formula is C19H28N2O3. The number of aliphatic hydroxyl groups excluding tert-OH is 1. The van der Waals surface area contributed by atoms with E-state index in [-0.39, 0.29) is 17.9 Å². The first-order valence-electron chi connectivity index (χ1n) is 9.08. The molecule has 132 valence electrons. The van der Waals surface area contributed by atoms with Crippen LogP contribution in [0.15, 0.2) is 24.3 Å².